The molecule has 0 bridgehead atoms. The molecule has 3 aromatic rings. The number of aromatic nitrogens is 3. The first-order valence-corrected chi connectivity index (χ1v) is 6.81. The van der Waals surface area contributed by atoms with E-state index in [2.05, 4.69) is 20.3 Å². The third-order valence-corrected chi connectivity index (χ3v) is 3.17. The van der Waals surface area contributed by atoms with Crippen molar-refractivity contribution in [1.29, 1.82) is 0 Å². The summed E-state index contributed by atoms with van der Waals surface area (Å²) >= 11 is 0. The van der Waals surface area contributed by atoms with Gasteiger partial charge in [0.2, 0.25) is 0 Å². The molecule has 0 fully saturated rings. The average Bonchev–Trinajstić information content (AvgIpc) is 2.53. The predicted octanol–water partition coefficient (Wildman–Crippen LogP) is 2.70. The first-order valence-electron chi connectivity index (χ1n) is 6.81. The normalized spacial score (nSPS) is 10.6. The van der Waals surface area contributed by atoms with Crippen molar-refractivity contribution in [3.8, 4) is 0 Å². The van der Waals surface area contributed by atoms with Gasteiger partial charge in [-0.1, -0.05) is 12.1 Å². The zero-order chi connectivity index (χ0) is 14.7. The van der Waals surface area contributed by atoms with Crippen molar-refractivity contribution in [2.45, 2.75) is 6.54 Å². The number of rotatable bonds is 4. The molecule has 2 aromatic heterocycles. The van der Waals surface area contributed by atoms with Gasteiger partial charge in [-0.05, 0) is 24.3 Å². The second-order valence-corrected chi connectivity index (χ2v) is 4.97. The third kappa shape index (κ3) is 2.91. The van der Waals surface area contributed by atoms with E-state index in [9.17, 15) is 0 Å². The Labute approximate surface area is 123 Å². The second kappa shape index (κ2) is 5.75. The maximum Gasteiger partial charge on any atom is 0.151 e. The highest BCUT2D eigenvalue weighted by Gasteiger charge is 2.05. The fourth-order valence-corrected chi connectivity index (χ4v) is 2.16. The van der Waals surface area contributed by atoms with E-state index in [-0.39, 0.29) is 0 Å². The molecule has 0 saturated heterocycles. The van der Waals surface area contributed by atoms with Crippen LogP contribution in [0.1, 0.15) is 5.69 Å². The number of para-hydroxylation sites is 2. The molecule has 0 spiro atoms. The summed E-state index contributed by atoms with van der Waals surface area (Å²) in [6.45, 7) is 0.615. The van der Waals surface area contributed by atoms with Crippen LogP contribution in [0.5, 0.6) is 0 Å². The molecule has 21 heavy (non-hydrogen) atoms. The number of benzene rings is 1. The van der Waals surface area contributed by atoms with Crippen molar-refractivity contribution in [2.24, 2.45) is 0 Å². The molecule has 106 valence electrons. The molecule has 0 aliphatic carbocycles. The van der Waals surface area contributed by atoms with Crippen LogP contribution in [0.3, 0.4) is 0 Å². The van der Waals surface area contributed by atoms with E-state index in [0.717, 1.165) is 28.2 Å². The van der Waals surface area contributed by atoms with Crippen LogP contribution in [-0.4, -0.2) is 29.0 Å². The fourth-order valence-electron chi connectivity index (χ4n) is 2.16. The highest BCUT2D eigenvalue weighted by atomic mass is 15.2. The van der Waals surface area contributed by atoms with Crippen LogP contribution in [0.25, 0.3) is 11.0 Å². The van der Waals surface area contributed by atoms with E-state index < -0.39 is 0 Å². The van der Waals surface area contributed by atoms with E-state index in [1.807, 2.05) is 55.4 Å². The summed E-state index contributed by atoms with van der Waals surface area (Å²) in [5.41, 5.74) is 3.71. The minimum absolute atomic E-state index is 0.615. The Balaban J connectivity index is 1.80. The number of fused-ring (bicyclic) bond motifs is 1. The highest BCUT2D eigenvalue weighted by Crippen LogP contribution is 2.21. The molecule has 1 N–H and O–H groups in total. The first kappa shape index (κ1) is 13.3. The van der Waals surface area contributed by atoms with E-state index in [4.69, 9.17) is 0 Å². The molecule has 0 radical (unpaired) electrons. The summed E-state index contributed by atoms with van der Waals surface area (Å²) in [5.74, 6) is 0.909. The third-order valence-electron chi connectivity index (χ3n) is 3.17. The molecular weight excluding hydrogens is 262 g/mol. The van der Waals surface area contributed by atoms with Crippen molar-refractivity contribution in [3.63, 3.8) is 0 Å². The molecule has 0 amide bonds. The van der Waals surface area contributed by atoms with Crippen LogP contribution in [-0.2, 0) is 6.54 Å². The fraction of sp³-hybridized carbons (Fsp3) is 0.188. The predicted molar refractivity (Wildman–Crippen MR) is 85.4 cm³/mol. The smallest absolute Gasteiger partial charge is 0.151 e. The van der Waals surface area contributed by atoms with Gasteiger partial charge in [0.1, 0.15) is 0 Å². The van der Waals surface area contributed by atoms with E-state index in [1.54, 1.807) is 12.4 Å². The molecule has 0 atom stereocenters. The van der Waals surface area contributed by atoms with Crippen LogP contribution < -0.4 is 10.2 Å². The molecule has 5 heteroatoms. The maximum atomic E-state index is 4.61. The molecule has 3 rings (SSSR count). The van der Waals surface area contributed by atoms with Gasteiger partial charge in [0, 0.05) is 20.3 Å². The average molecular weight is 279 g/mol. The molecule has 2 heterocycles. The lowest BCUT2D eigenvalue weighted by Gasteiger charge is -2.16. The second-order valence-electron chi connectivity index (χ2n) is 4.97. The van der Waals surface area contributed by atoms with Crippen molar-refractivity contribution >= 4 is 22.5 Å². The van der Waals surface area contributed by atoms with Crippen molar-refractivity contribution in [2.75, 3.05) is 24.3 Å². The zero-order valence-electron chi connectivity index (χ0n) is 12.1. The SMILES string of the molecule is CN(C)c1ncccc1NCc1cnc2ccccc2n1. The molecule has 0 saturated carbocycles. The van der Waals surface area contributed by atoms with Gasteiger partial charge in [-0.25, -0.2) is 9.97 Å². The number of hydrogen-bond acceptors (Lipinski definition) is 5. The Bertz CT molecular complexity index is 754. The molecule has 5 nitrogen and oxygen atoms in total. The molecule has 0 aliphatic heterocycles. The van der Waals surface area contributed by atoms with Crippen LogP contribution in [0, 0.1) is 0 Å². The van der Waals surface area contributed by atoms with Crippen LogP contribution in [0.4, 0.5) is 11.5 Å². The molecule has 0 unspecified atom stereocenters. The highest BCUT2D eigenvalue weighted by molar-refractivity contribution is 5.73. The summed E-state index contributed by atoms with van der Waals surface area (Å²) in [5, 5.41) is 3.37. The number of pyridine rings is 1. The van der Waals surface area contributed by atoms with Gasteiger partial charge in [-0.15, -0.1) is 0 Å². The molecular formula is C16H17N5. The number of anilines is 2. The Hall–Kier alpha value is -2.69. The lowest BCUT2D eigenvalue weighted by molar-refractivity contribution is 1.02. The first-order chi connectivity index (χ1) is 10.2. The Kier molecular flexibility index (Phi) is 3.64. The topological polar surface area (TPSA) is 53.9 Å². The quantitative estimate of drug-likeness (QED) is 0.795. The summed E-state index contributed by atoms with van der Waals surface area (Å²) in [7, 11) is 3.95. The Morgan fingerprint density at radius 2 is 1.81 bits per heavy atom. The largest absolute Gasteiger partial charge is 0.376 e. The minimum Gasteiger partial charge on any atom is -0.376 e. The van der Waals surface area contributed by atoms with Gasteiger partial charge in [0.05, 0.1) is 35.2 Å². The number of nitrogens with one attached hydrogen (secondary N) is 1. The summed E-state index contributed by atoms with van der Waals surface area (Å²) in [6.07, 6.45) is 3.59. The van der Waals surface area contributed by atoms with Gasteiger partial charge >= 0.3 is 0 Å². The van der Waals surface area contributed by atoms with E-state index >= 15 is 0 Å². The van der Waals surface area contributed by atoms with Crippen molar-refractivity contribution in [3.05, 3.63) is 54.5 Å². The summed E-state index contributed by atoms with van der Waals surface area (Å²) < 4.78 is 0. The van der Waals surface area contributed by atoms with Crippen molar-refractivity contribution < 1.29 is 0 Å². The summed E-state index contributed by atoms with van der Waals surface area (Å²) in [4.78, 5) is 15.4. The zero-order valence-corrected chi connectivity index (χ0v) is 12.1. The monoisotopic (exact) mass is 279 g/mol. The van der Waals surface area contributed by atoms with Gasteiger partial charge in [0.15, 0.2) is 5.82 Å². The minimum atomic E-state index is 0.615. The van der Waals surface area contributed by atoms with E-state index in [0.29, 0.717) is 6.54 Å². The van der Waals surface area contributed by atoms with E-state index in [1.165, 1.54) is 0 Å². The van der Waals surface area contributed by atoms with Crippen LogP contribution in [0.15, 0.2) is 48.8 Å². The lowest BCUT2D eigenvalue weighted by atomic mass is 10.3. The van der Waals surface area contributed by atoms with Gasteiger partial charge < -0.3 is 10.2 Å². The Morgan fingerprint density at radius 3 is 2.62 bits per heavy atom. The Morgan fingerprint density at radius 1 is 1.00 bits per heavy atom. The van der Waals surface area contributed by atoms with Crippen LogP contribution in [0.2, 0.25) is 0 Å². The van der Waals surface area contributed by atoms with Crippen LogP contribution >= 0.6 is 0 Å². The number of hydrogen-bond donors (Lipinski definition) is 1. The number of nitrogens with zero attached hydrogens (tertiary/aromatic N) is 4. The van der Waals surface area contributed by atoms with Gasteiger partial charge in [0.25, 0.3) is 0 Å². The summed E-state index contributed by atoms with van der Waals surface area (Å²) in [6, 6.07) is 11.8. The van der Waals surface area contributed by atoms with Crippen molar-refractivity contribution in [1.82, 2.24) is 15.0 Å². The van der Waals surface area contributed by atoms with Gasteiger partial charge in [-0.2, -0.15) is 0 Å². The van der Waals surface area contributed by atoms with Gasteiger partial charge in [-0.3, -0.25) is 4.98 Å². The molecule has 1 aromatic carbocycles. The standard InChI is InChI=1S/C16H17N5/c1-21(2)16-15(8-5-9-17-16)19-11-12-10-18-13-6-3-4-7-14(13)20-12/h3-10,19H,11H2,1-2H3. The lowest BCUT2D eigenvalue weighted by Crippen LogP contribution is -2.14. The molecule has 0 aliphatic rings. The maximum absolute atomic E-state index is 4.61.